The van der Waals surface area contributed by atoms with Crippen LogP contribution >= 0.6 is 0 Å². The summed E-state index contributed by atoms with van der Waals surface area (Å²) in [6.07, 6.45) is 0. The maximum absolute atomic E-state index is 11.6. The molecule has 1 aliphatic heterocycles. The van der Waals surface area contributed by atoms with E-state index < -0.39 is 5.63 Å². The fourth-order valence-electron chi connectivity index (χ4n) is 1.92. The average Bonchev–Trinajstić information content (AvgIpc) is 2.68. The third kappa shape index (κ3) is 1.32. The van der Waals surface area contributed by atoms with E-state index in [0.29, 0.717) is 28.0 Å². The zero-order chi connectivity index (χ0) is 12.0. The van der Waals surface area contributed by atoms with Gasteiger partial charge in [-0.15, -0.1) is 0 Å². The van der Waals surface area contributed by atoms with E-state index in [1.807, 2.05) is 0 Å². The maximum atomic E-state index is 11.6. The van der Waals surface area contributed by atoms with Gasteiger partial charge in [0.25, 0.3) is 0 Å². The van der Waals surface area contributed by atoms with Gasteiger partial charge in [-0.1, -0.05) is 0 Å². The van der Waals surface area contributed by atoms with Crippen LogP contribution in [0.5, 0.6) is 11.5 Å². The Hall–Kier alpha value is -2.30. The summed E-state index contributed by atoms with van der Waals surface area (Å²) < 4.78 is 15.5. The van der Waals surface area contributed by atoms with E-state index in [1.165, 1.54) is 13.2 Å². The molecule has 3 rings (SSSR count). The normalized spacial score (nSPS) is 13.6. The molecule has 0 saturated carbocycles. The summed E-state index contributed by atoms with van der Waals surface area (Å²) in [6, 6.07) is 4.54. The Labute approximate surface area is 95.6 Å². The summed E-state index contributed by atoms with van der Waals surface area (Å²) in [5.74, 6) is 0.534. The topological polar surface area (TPSA) is 65.7 Å². The number of hydrogen-bond donors (Lipinski definition) is 0. The van der Waals surface area contributed by atoms with Crippen molar-refractivity contribution in [2.75, 3.05) is 13.7 Å². The SMILES string of the molecule is COc1c2c(cc3ccc(=O)oc13)C(=O)CO2. The summed E-state index contributed by atoms with van der Waals surface area (Å²) >= 11 is 0. The molecule has 0 spiro atoms. The number of carbonyl (C=O) groups is 1. The number of ketones is 1. The Morgan fingerprint density at radius 1 is 1.29 bits per heavy atom. The fraction of sp³-hybridized carbons (Fsp3) is 0.167. The van der Waals surface area contributed by atoms with Gasteiger partial charge in [0, 0.05) is 11.5 Å². The summed E-state index contributed by atoms with van der Waals surface area (Å²) in [6.45, 7) is -0.00769. The average molecular weight is 232 g/mol. The molecule has 17 heavy (non-hydrogen) atoms. The minimum atomic E-state index is -0.472. The predicted octanol–water partition coefficient (Wildman–Crippen LogP) is 1.38. The molecule has 1 aromatic heterocycles. The van der Waals surface area contributed by atoms with Gasteiger partial charge in [0.2, 0.25) is 11.5 Å². The standard InChI is InChI=1S/C12H8O5/c1-15-12-10-6(2-3-9(14)17-10)4-7-8(13)5-16-11(7)12/h2-4H,5H2,1H3. The molecule has 0 atom stereocenters. The molecule has 5 nitrogen and oxygen atoms in total. The molecule has 0 aliphatic carbocycles. The van der Waals surface area contributed by atoms with Crippen LogP contribution in [0.25, 0.3) is 11.0 Å². The minimum Gasteiger partial charge on any atom is -0.490 e. The van der Waals surface area contributed by atoms with Crippen LogP contribution < -0.4 is 15.1 Å². The Morgan fingerprint density at radius 2 is 2.12 bits per heavy atom. The number of carbonyl (C=O) groups excluding carboxylic acids is 1. The fourth-order valence-corrected chi connectivity index (χ4v) is 1.92. The first-order valence-electron chi connectivity index (χ1n) is 5.01. The van der Waals surface area contributed by atoms with Crippen molar-refractivity contribution in [1.29, 1.82) is 0 Å². The lowest BCUT2D eigenvalue weighted by Crippen LogP contribution is -1.99. The van der Waals surface area contributed by atoms with Gasteiger partial charge in [0.05, 0.1) is 12.7 Å². The largest absolute Gasteiger partial charge is 0.490 e. The Bertz CT molecular complexity index is 683. The number of fused-ring (bicyclic) bond motifs is 2. The van der Waals surface area contributed by atoms with Gasteiger partial charge in [-0.2, -0.15) is 0 Å². The number of rotatable bonds is 1. The molecule has 5 heteroatoms. The minimum absolute atomic E-state index is 0.00769. The molecule has 0 fully saturated rings. The van der Waals surface area contributed by atoms with Crippen LogP contribution in [0.1, 0.15) is 10.4 Å². The molecule has 1 aliphatic rings. The van der Waals surface area contributed by atoms with Gasteiger partial charge in [0.15, 0.2) is 17.9 Å². The number of Topliss-reactive ketones (excluding diaryl/α,β-unsaturated/α-hetero) is 1. The zero-order valence-corrected chi connectivity index (χ0v) is 8.98. The van der Waals surface area contributed by atoms with Crippen molar-refractivity contribution in [1.82, 2.24) is 0 Å². The van der Waals surface area contributed by atoms with Crippen LogP contribution in [0, 0.1) is 0 Å². The van der Waals surface area contributed by atoms with Crippen LogP contribution in [0.2, 0.25) is 0 Å². The lowest BCUT2D eigenvalue weighted by Gasteiger charge is -2.08. The van der Waals surface area contributed by atoms with Crippen LogP contribution in [-0.4, -0.2) is 19.5 Å². The molecule has 1 aromatic carbocycles. The van der Waals surface area contributed by atoms with Crippen molar-refractivity contribution in [2.24, 2.45) is 0 Å². The highest BCUT2D eigenvalue weighted by molar-refractivity contribution is 6.07. The summed E-state index contributed by atoms with van der Waals surface area (Å²) in [5.41, 5.74) is 0.289. The van der Waals surface area contributed by atoms with Crippen molar-refractivity contribution >= 4 is 16.8 Å². The molecule has 0 unspecified atom stereocenters. The Morgan fingerprint density at radius 3 is 2.88 bits per heavy atom. The number of benzene rings is 1. The first-order valence-corrected chi connectivity index (χ1v) is 5.01. The predicted molar refractivity (Wildman–Crippen MR) is 58.9 cm³/mol. The second kappa shape index (κ2) is 3.35. The number of methoxy groups -OCH3 is 1. The molecule has 0 bridgehead atoms. The lowest BCUT2D eigenvalue weighted by molar-refractivity contribution is 0.0960. The van der Waals surface area contributed by atoms with E-state index in [2.05, 4.69) is 0 Å². The molecule has 2 aromatic rings. The van der Waals surface area contributed by atoms with Gasteiger partial charge in [-0.25, -0.2) is 4.79 Å². The lowest BCUT2D eigenvalue weighted by atomic mass is 10.1. The third-order valence-electron chi connectivity index (χ3n) is 2.67. The van der Waals surface area contributed by atoms with Crippen molar-refractivity contribution < 1.29 is 18.7 Å². The second-order valence-corrected chi connectivity index (χ2v) is 3.67. The first-order chi connectivity index (χ1) is 8.20. The first kappa shape index (κ1) is 9.89. The molecular formula is C12H8O5. The van der Waals surface area contributed by atoms with Crippen molar-refractivity contribution in [3.63, 3.8) is 0 Å². The highest BCUT2D eigenvalue weighted by atomic mass is 16.5. The number of hydrogen-bond acceptors (Lipinski definition) is 5. The molecule has 86 valence electrons. The van der Waals surface area contributed by atoms with Crippen LogP contribution in [0.4, 0.5) is 0 Å². The highest BCUT2D eigenvalue weighted by Crippen LogP contribution is 2.41. The molecular weight excluding hydrogens is 224 g/mol. The van der Waals surface area contributed by atoms with Crippen molar-refractivity contribution in [3.05, 3.63) is 34.2 Å². The van der Waals surface area contributed by atoms with E-state index in [0.717, 1.165) is 0 Å². The smallest absolute Gasteiger partial charge is 0.336 e. The Kier molecular flexibility index (Phi) is 1.95. The zero-order valence-electron chi connectivity index (χ0n) is 8.98. The summed E-state index contributed by atoms with van der Waals surface area (Å²) in [7, 11) is 1.44. The molecule has 2 heterocycles. The van der Waals surface area contributed by atoms with Gasteiger partial charge >= 0.3 is 5.63 Å². The molecule has 0 N–H and O–H groups in total. The van der Waals surface area contributed by atoms with Gasteiger partial charge in [0.1, 0.15) is 0 Å². The summed E-state index contributed by atoms with van der Waals surface area (Å²) in [4.78, 5) is 22.8. The molecule has 0 amide bonds. The van der Waals surface area contributed by atoms with E-state index in [9.17, 15) is 9.59 Å². The van der Waals surface area contributed by atoms with Gasteiger partial charge in [-0.3, -0.25) is 4.79 Å². The van der Waals surface area contributed by atoms with E-state index in [-0.39, 0.29) is 12.4 Å². The van der Waals surface area contributed by atoms with Crippen molar-refractivity contribution in [2.45, 2.75) is 0 Å². The van der Waals surface area contributed by atoms with E-state index in [1.54, 1.807) is 12.1 Å². The quantitative estimate of drug-likeness (QED) is 0.695. The van der Waals surface area contributed by atoms with E-state index >= 15 is 0 Å². The molecule has 0 radical (unpaired) electrons. The monoisotopic (exact) mass is 232 g/mol. The highest BCUT2D eigenvalue weighted by Gasteiger charge is 2.28. The van der Waals surface area contributed by atoms with Crippen LogP contribution in [0.15, 0.2) is 27.4 Å². The summed E-state index contributed by atoms with van der Waals surface area (Å²) in [5, 5.41) is 0.638. The van der Waals surface area contributed by atoms with Crippen molar-refractivity contribution in [3.8, 4) is 11.5 Å². The maximum Gasteiger partial charge on any atom is 0.336 e. The van der Waals surface area contributed by atoms with Gasteiger partial charge in [-0.05, 0) is 12.1 Å². The third-order valence-corrected chi connectivity index (χ3v) is 2.67. The second-order valence-electron chi connectivity index (χ2n) is 3.67. The van der Waals surface area contributed by atoms with Crippen LogP contribution in [0.3, 0.4) is 0 Å². The Balaban J connectivity index is 2.47. The van der Waals surface area contributed by atoms with Gasteiger partial charge < -0.3 is 13.9 Å². The molecule has 0 saturated heterocycles. The van der Waals surface area contributed by atoms with E-state index in [4.69, 9.17) is 13.9 Å². The number of ether oxygens (including phenoxy) is 2. The van der Waals surface area contributed by atoms with Crippen LogP contribution in [-0.2, 0) is 0 Å².